The van der Waals surface area contributed by atoms with Crippen LogP contribution in [0.15, 0.2) is 18.3 Å². The van der Waals surface area contributed by atoms with Gasteiger partial charge in [-0.15, -0.1) is 0 Å². The molecule has 17 heavy (non-hydrogen) atoms. The number of nitrogens with two attached hydrogens (primary N) is 1. The maximum Gasteiger partial charge on any atom is 0.251 e. The van der Waals surface area contributed by atoms with E-state index in [2.05, 4.69) is 10.3 Å². The van der Waals surface area contributed by atoms with Crippen LogP contribution in [0.5, 0.6) is 0 Å². The van der Waals surface area contributed by atoms with Crippen molar-refractivity contribution in [3.8, 4) is 0 Å². The van der Waals surface area contributed by atoms with Crippen LogP contribution < -0.4 is 11.1 Å². The van der Waals surface area contributed by atoms with Crippen LogP contribution >= 0.6 is 11.8 Å². The van der Waals surface area contributed by atoms with Crippen LogP contribution in [-0.4, -0.2) is 28.4 Å². The van der Waals surface area contributed by atoms with Crippen molar-refractivity contribution in [3.05, 3.63) is 29.6 Å². The SMILES string of the molecule is NCc1cc(C(=O)NC2CCCSC2)ccn1. The molecule has 1 amide bonds. The summed E-state index contributed by atoms with van der Waals surface area (Å²) in [6.45, 7) is 0.362. The number of aromatic nitrogens is 1. The number of rotatable bonds is 3. The molecule has 2 rings (SSSR count). The molecule has 1 fully saturated rings. The predicted molar refractivity (Wildman–Crippen MR) is 69.9 cm³/mol. The van der Waals surface area contributed by atoms with Gasteiger partial charge in [-0.1, -0.05) is 0 Å². The molecular formula is C12H17N3OS. The Morgan fingerprint density at radius 3 is 3.24 bits per heavy atom. The number of pyridine rings is 1. The van der Waals surface area contributed by atoms with E-state index in [0.717, 1.165) is 17.9 Å². The van der Waals surface area contributed by atoms with Crippen molar-refractivity contribution < 1.29 is 4.79 Å². The normalized spacial score (nSPS) is 19.9. The lowest BCUT2D eigenvalue weighted by molar-refractivity contribution is 0.0938. The van der Waals surface area contributed by atoms with Gasteiger partial charge in [0.05, 0.1) is 5.69 Å². The monoisotopic (exact) mass is 251 g/mol. The van der Waals surface area contributed by atoms with Crippen molar-refractivity contribution in [2.45, 2.75) is 25.4 Å². The summed E-state index contributed by atoms with van der Waals surface area (Å²) in [5, 5.41) is 3.06. The Morgan fingerprint density at radius 1 is 1.65 bits per heavy atom. The second-order valence-corrected chi connectivity index (χ2v) is 5.28. The number of thioether (sulfide) groups is 1. The molecule has 0 bridgehead atoms. The summed E-state index contributed by atoms with van der Waals surface area (Å²) in [6.07, 6.45) is 3.89. The summed E-state index contributed by atoms with van der Waals surface area (Å²) < 4.78 is 0. The molecule has 0 spiro atoms. The molecule has 1 atom stereocenters. The molecule has 0 aliphatic carbocycles. The molecule has 1 unspecified atom stereocenters. The molecule has 1 aromatic heterocycles. The zero-order valence-corrected chi connectivity index (χ0v) is 10.5. The van der Waals surface area contributed by atoms with Crippen LogP contribution in [0.3, 0.4) is 0 Å². The highest BCUT2D eigenvalue weighted by Gasteiger charge is 2.16. The maximum absolute atomic E-state index is 12.0. The third kappa shape index (κ3) is 3.44. The summed E-state index contributed by atoms with van der Waals surface area (Å²) >= 11 is 1.90. The summed E-state index contributed by atoms with van der Waals surface area (Å²) in [6, 6.07) is 3.78. The van der Waals surface area contributed by atoms with E-state index in [1.165, 1.54) is 12.2 Å². The van der Waals surface area contributed by atoms with E-state index in [4.69, 9.17) is 5.73 Å². The number of amides is 1. The summed E-state index contributed by atoms with van der Waals surface area (Å²) in [7, 11) is 0. The van der Waals surface area contributed by atoms with Gasteiger partial charge >= 0.3 is 0 Å². The van der Waals surface area contributed by atoms with Crippen molar-refractivity contribution in [1.29, 1.82) is 0 Å². The summed E-state index contributed by atoms with van der Waals surface area (Å²) in [5.41, 5.74) is 6.90. The first-order chi connectivity index (χ1) is 8.29. The second kappa shape index (κ2) is 6.02. The number of nitrogens with zero attached hydrogens (tertiary/aromatic N) is 1. The smallest absolute Gasteiger partial charge is 0.251 e. The highest BCUT2D eigenvalue weighted by Crippen LogP contribution is 2.17. The van der Waals surface area contributed by atoms with Crippen LogP contribution in [0.4, 0.5) is 0 Å². The molecule has 0 radical (unpaired) electrons. The molecule has 2 heterocycles. The largest absolute Gasteiger partial charge is 0.348 e. The Labute approximate surface area is 105 Å². The minimum Gasteiger partial charge on any atom is -0.348 e. The van der Waals surface area contributed by atoms with E-state index in [1.807, 2.05) is 11.8 Å². The van der Waals surface area contributed by atoms with E-state index in [-0.39, 0.29) is 5.91 Å². The van der Waals surface area contributed by atoms with Crippen LogP contribution in [0.1, 0.15) is 28.9 Å². The molecule has 1 aliphatic heterocycles. The van der Waals surface area contributed by atoms with Gasteiger partial charge < -0.3 is 11.1 Å². The molecular weight excluding hydrogens is 234 g/mol. The third-order valence-electron chi connectivity index (χ3n) is 2.78. The first kappa shape index (κ1) is 12.4. The lowest BCUT2D eigenvalue weighted by Gasteiger charge is -2.22. The number of nitrogens with one attached hydrogen (secondary N) is 1. The van der Waals surface area contributed by atoms with E-state index in [1.54, 1.807) is 18.3 Å². The molecule has 4 nitrogen and oxygen atoms in total. The lowest BCUT2D eigenvalue weighted by atomic mass is 10.1. The van der Waals surface area contributed by atoms with E-state index < -0.39 is 0 Å². The quantitative estimate of drug-likeness (QED) is 0.846. The minimum absolute atomic E-state index is 0.0189. The van der Waals surface area contributed by atoms with Crippen molar-refractivity contribution >= 4 is 17.7 Å². The Hall–Kier alpha value is -1.07. The highest BCUT2D eigenvalue weighted by molar-refractivity contribution is 7.99. The highest BCUT2D eigenvalue weighted by atomic mass is 32.2. The van der Waals surface area contributed by atoms with Gasteiger partial charge in [0.15, 0.2) is 0 Å². The number of carbonyl (C=O) groups excluding carboxylic acids is 1. The van der Waals surface area contributed by atoms with Crippen LogP contribution in [0, 0.1) is 0 Å². The number of carbonyl (C=O) groups is 1. The predicted octanol–water partition coefficient (Wildman–Crippen LogP) is 1.17. The van der Waals surface area contributed by atoms with Gasteiger partial charge in [0.1, 0.15) is 0 Å². The first-order valence-electron chi connectivity index (χ1n) is 5.83. The van der Waals surface area contributed by atoms with Crippen LogP contribution in [0.25, 0.3) is 0 Å². The van der Waals surface area contributed by atoms with Gasteiger partial charge in [0.2, 0.25) is 0 Å². The summed E-state index contributed by atoms with van der Waals surface area (Å²) in [4.78, 5) is 16.1. The average molecular weight is 251 g/mol. The third-order valence-corrected chi connectivity index (χ3v) is 4.00. The van der Waals surface area contributed by atoms with E-state index >= 15 is 0 Å². The number of hydrogen-bond acceptors (Lipinski definition) is 4. The zero-order chi connectivity index (χ0) is 12.1. The fraction of sp³-hybridized carbons (Fsp3) is 0.500. The standard InChI is InChI=1S/C12H17N3OS/c13-7-11-6-9(3-4-14-11)12(16)15-10-2-1-5-17-8-10/h3-4,6,10H,1-2,5,7-8,13H2,(H,15,16). The van der Waals surface area contributed by atoms with Gasteiger partial charge in [0, 0.05) is 30.1 Å². The molecule has 1 saturated heterocycles. The maximum atomic E-state index is 12.0. The van der Waals surface area contributed by atoms with Gasteiger partial charge in [0.25, 0.3) is 5.91 Å². The van der Waals surface area contributed by atoms with Crippen molar-refractivity contribution in [2.75, 3.05) is 11.5 Å². The second-order valence-electron chi connectivity index (χ2n) is 4.13. The molecule has 1 aliphatic rings. The number of hydrogen-bond donors (Lipinski definition) is 2. The average Bonchev–Trinajstić information content (AvgIpc) is 2.40. The first-order valence-corrected chi connectivity index (χ1v) is 6.98. The minimum atomic E-state index is -0.0189. The molecule has 0 saturated carbocycles. The Bertz CT molecular complexity index is 391. The van der Waals surface area contributed by atoms with E-state index in [0.29, 0.717) is 18.2 Å². The zero-order valence-electron chi connectivity index (χ0n) is 9.69. The Balaban J connectivity index is 1.98. The molecule has 3 N–H and O–H groups in total. The topological polar surface area (TPSA) is 68.0 Å². The molecule has 5 heteroatoms. The lowest BCUT2D eigenvalue weighted by Crippen LogP contribution is -2.38. The molecule has 92 valence electrons. The molecule has 0 aromatic carbocycles. The summed E-state index contributed by atoms with van der Waals surface area (Å²) in [5.74, 6) is 2.20. The van der Waals surface area contributed by atoms with Gasteiger partial charge in [-0.2, -0.15) is 11.8 Å². The van der Waals surface area contributed by atoms with Crippen molar-refractivity contribution in [2.24, 2.45) is 5.73 Å². The van der Waals surface area contributed by atoms with Crippen LogP contribution in [-0.2, 0) is 6.54 Å². The fourth-order valence-electron chi connectivity index (χ4n) is 1.85. The van der Waals surface area contributed by atoms with Crippen molar-refractivity contribution in [1.82, 2.24) is 10.3 Å². The van der Waals surface area contributed by atoms with Gasteiger partial charge in [-0.3, -0.25) is 9.78 Å². The van der Waals surface area contributed by atoms with Gasteiger partial charge in [-0.05, 0) is 30.7 Å². The molecule has 1 aromatic rings. The van der Waals surface area contributed by atoms with E-state index in [9.17, 15) is 4.79 Å². The van der Waals surface area contributed by atoms with Crippen molar-refractivity contribution in [3.63, 3.8) is 0 Å². The van der Waals surface area contributed by atoms with Gasteiger partial charge in [-0.25, -0.2) is 0 Å². The fourth-order valence-corrected chi connectivity index (χ4v) is 2.93. The Kier molecular flexibility index (Phi) is 4.39. The Morgan fingerprint density at radius 2 is 2.53 bits per heavy atom. The van der Waals surface area contributed by atoms with Crippen LogP contribution in [0.2, 0.25) is 0 Å².